The Morgan fingerprint density at radius 2 is 1.65 bits per heavy atom. The van der Waals surface area contributed by atoms with Crippen molar-refractivity contribution in [2.45, 2.75) is 29.6 Å². The molecule has 0 radical (unpaired) electrons. The van der Waals surface area contributed by atoms with E-state index >= 15 is 0 Å². The van der Waals surface area contributed by atoms with Crippen molar-refractivity contribution in [2.24, 2.45) is 10.2 Å². The molecule has 1 aromatic heterocycles. The minimum Gasteiger partial charge on any atom is -0.324 e. The number of benzene rings is 2. The van der Waals surface area contributed by atoms with Crippen LogP contribution in [0.15, 0.2) is 62.5 Å². The Kier molecular flexibility index (Phi) is 10.7. The van der Waals surface area contributed by atoms with Crippen molar-refractivity contribution in [3.63, 3.8) is 0 Å². The smallest absolute Gasteiger partial charge is 0.324 e. The predicted molar refractivity (Wildman–Crippen MR) is 144 cm³/mol. The Hall–Kier alpha value is -3.82. The van der Waals surface area contributed by atoms with E-state index in [0.29, 0.717) is 5.56 Å². The van der Waals surface area contributed by atoms with E-state index in [-0.39, 0.29) is 35.6 Å². The number of anilines is 1. The van der Waals surface area contributed by atoms with Gasteiger partial charge in [0, 0.05) is 19.4 Å². The van der Waals surface area contributed by atoms with Crippen LogP contribution >= 0.6 is 0 Å². The molecule has 0 atom stereocenters. The summed E-state index contributed by atoms with van der Waals surface area (Å²) < 4.78 is 116. The van der Waals surface area contributed by atoms with Crippen molar-refractivity contribution < 1.29 is 51.7 Å². The van der Waals surface area contributed by atoms with Crippen molar-refractivity contribution >= 4 is 53.3 Å². The summed E-state index contributed by atoms with van der Waals surface area (Å²) in [6, 6.07) is 8.11. The Bertz CT molecular complexity index is 1870. The van der Waals surface area contributed by atoms with Crippen LogP contribution in [-0.2, 0) is 49.9 Å². The molecule has 2 aromatic carbocycles. The second-order valence-electron chi connectivity index (χ2n) is 8.53. The van der Waals surface area contributed by atoms with E-state index in [4.69, 9.17) is 4.55 Å². The summed E-state index contributed by atoms with van der Waals surface area (Å²) in [6.07, 6.45) is -1.65. The van der Waals surface area contributed by atoms with Crippen LogP contribution in [0.2, 0.25) is 0 Å². The standard InChI is InChI=1S/C23H23F2N5O10S3/c1-14(31)26-20-11-15(10-16-12-22(24)28-23(25)27-16)4-6-18(20)29-30-19-7-5-17(13-21(19)42(34,35)39-2)41(32,33)9-3-8-40-43(36,37)38/h4-7,11-13H,3,8-10H2,1-2H3,(H,26,31)(H,36,37,38). The Morgan fingerprint density at radius 1 is 0.977 bits per heavy atom. The third-order valence-corrected chi connectivity index (χ3v) is 8.88. The molecule has 0 spiro atoms. The van der Waals surface area contributed by atoms with E-state index in [2.05, 4.69) is 33.9 Å². The summed E-state index contributed by atoms with van der Waals surface area (Å²) >= 11 is 0. The summed E-state index contributed by atoms with van der Waals surface area (Å²) in [5, 5.41) is 10.4. The quantitative estimate of drug-likeness (QED) is 0.0673. The number of nitrogens with zero attached hydrogens (tertiary/aromatic N) is 4. The molecular formula is C23H23F2N5O10S3. The summed E-state index contributed by atoms with van der Waals surface area (Å²) in [5.74, 6) is -2.23. The van der Waals surface area contributed by atoms with Gasteiger partial charge in [-0.1, -0.05) is 6.07 Å². The van der Waals surface area contributed by atoms with Gasteiger partial charge in [-0.15, -0.1) is 10.2 Å². The largest absolute Gasteiger partial charge is 0.397 e. The molecule has 15 nitrogen and oxygen atoms in total. The first kappa shape index (κ1) is 33.7. The lowest BCUT2D eigenvalue weighted by molar-refractivity contribution is -0.114. The van der Waals surface area contributed by atoms with Crippen LogP contribution < -0.4 is 5.32 Å². The van der Waals surface area contributed by atoms with Crippen LogP contribution in [0.3, 0.4) is 0 Å². The highest BCUT2D eigenvalue weighted by Gasteiger charge is 2.24. The molecule has 0 fully saturated rings. The van der Waals surface area contributed by atoms with Gasteiger partial charge in [-0.25, -0.2) is 17.6 Å². The van der Waals surface area contributed by atoms with Crippen LogP contribution in [-0.4, -0.2) is 65.2 Å². The lowest BCUT2D eigenvalue weighted by Crippen LogP contribution is -2.13. The summed E-state index contributed by atoms with van der Waals surface area (Å²) in [7, 11) is -12.6. The maximum Gasteiger partial charge on any atom is 0.397 e. The van der Waals surface area contributed by atoms with Gasteiger partial charge in [0.2, 0.25) is 11.9 Å². The van der Waals surface area contributed by atoms with Gasteiger partial charge >= 0.3 is 16.5 Å². The van der Waals surface area contributed by atoms with E-state index in [1.54, 1.807) is 0 Å². The van der Waals surface area contributed by atoms with Crippen LogP contribution in [0, 0.1) is 12.0 Å². The zero-order valence-electron chi connectivity index (χ0n) is 22.3. The minimum absolute atomic E-state index is 0.0172. The van der Waals surface area contributed by atoms with Gasteiger partial charge in [-0.05, 0) is 42.3 Å². The van der Waals surface area contributed by atoms with E-state index in [1.165, 1.54) is 25.1 Å². The number of sulfone groups is 1. The first-order chi connectivity index (χ1) is 20.0. The zero-order chi connectivity index (χ0) is 32.0. The molecule has 1 amide bonds. The number of halogens is 2. The van der Waals surface area contributed by atoms with Crippen LogP contribution in [0.1, 0.15) is 24.6 Å². The molecule has 0 saturated heterocycles. The number of amides is 1. The number of rotatable bonds is 13. The average molecular weight is 664 g/mol. The normalized spacial score (nSPS) is 12.5. The first-order valence-electron chi connectivity index (χ1n) is 11.8. The Labute approximate surface area is 245 Å². The maximum atomic E-state index is 13.5. The molecule has 0 saturated carbocycles. The second kappa shape index (κ2) is 13.7. The third kappa shape index (κ3) is 9.86. The summed E-state index contributed by atoms with van der Waals surface area (Å²) in [6.45, 7) is 0.565. The van der Waals surface area contributed by atoms with Gasteiger partial charge in [0.15, 0.2) is 9.84 Å². The molecule has 1 heterocycles. The highest BCUT2D eigenvalue weighted by molar-refractivity contribution is 7.91. The maximum absolute atomic E-state index is 13.5. The van der Waals surface area contributed by atoms with Gasteiger partial charge < -0.3 is 5.32 Å². The Balaban J connectivity index is 1.95. The average Bonchev–Trinajstić information content (AvgIpc) is 2.89. The molecule has 0 aliphatic carbocycles. The van der Waals surface area contributed by atoms with Crippen LogP contribution in [0.4, 0.5) is 25.8 Å². The molecule has 43 heavy (non-hydrogen) atoms. The molecular weight excluding hydrogens is 640 g/mol. The SMILES string of the molecule is COS(=O)(=O)c1cc(S(=O)(=O)CCCOS(=O)(=O)O)ccc1N=Nc1ccc(Cc2cc(F)nc(F)n2)cc1NC(C)=O. The highest BCUT2D eigenvalue weighted by atomic mass is 32.3. The van der Waals surface area contributed by atoms with Crippen molar-refractivity contribution in [1.82, 2.24) is 9.97 Å². The minimum atomic E-state index is -4.77. The molecule has 0 unspecified atom stereocenters. The number of aromatic nitrogens is 2. The molecule has 3 aromatic rings. The molecule has 20 heteroatoms. The number of hydrogen-bond donors (Lipinski definition) is 2. The highest BCUT2D eigenvalue weighted by Crippen LogP contribution is 2.33. The van der Waals surface area contributed by atoms with E-state index in [9.17, 15) is 38.8 Å². The van der Waals surface area contributed by atoms with Crippen molar-refractivity contribution in [1.29, 1.82) is 0 Å². The Morgan fingerprint density at radius 3 is 2.28 bits per heavy atom. The number of nitrogens with one attached hydrogen (secondary N) is 1. The lowest BCUT2D eigenvalue weighted by atomic mass is 10.1. The first-order valence-corrected chi connectivity index (χ1v) is 16.2. The van der Waals surface area contributed by atoms with Gasteiger partial charge in [0.1, 0.15) is 16.3 Å². The van der Waals surface area contributed by atoms with E-state index in [0.717, 1.165) is 31.4 Å². The number of carbonyl (C=O) groups is 1. The molecule has 2 N–H and O–H groups in total. The van der Waals surface area contributed by atoms with Crippen molar-refractivity contribution in [3.8, 4) is 0 Å². The molecule has 0 bridgehead atoms. The molecule has 232 valence electrons. The fourth-order valence-corrected chi connectivity index (χ4v) is 6.03. The van der Waals surface area contributed by atoms with E-state index < -0.39 is 70.4 Å². The van der Waals surface area contributed by atoms with Gasteiger partial charge in [0.25, 0.3) is 10.1 Å². The molecule has 3 rings (SSSR count). The van der Waals surface area contributed by atoms with E-state index in [1.807, 2.05) is 0 Å². The molecule has 0 aliphatic heterocycles. The van der Waals surface area contributed by atoms with Gasteiger partial charge in [-0.2, -0.15) is 30.6 Å². The second-order valence-corrected chi connectivity index (χ2v) is 13.4. The number of carbonyl (C=O) groups excluding carboxylic acids is 1. The number of azo groups is 1. The lowest BCUT2D eigenvalue weighted by Gasteiger charge is -2.10. The predicted octanol–water partition coefficient (Wildman–Crippen LogP) is 3.04. The van der Waals surface area contributed by atoms with Crippen molar-refractivity contribution in [2.75, 3.05) is 24.8 Å². The van der Waals surface area contributed by atoms with Gasteiger partial charge in [-0.3, -0.25) is 13.5 Å². The zero-order valence-corrected chi connectivity index (χ0v) is 24.7. The van der Waals surface area contributed by atoms with Crippen LogP contribution in [0.5, 0.6) is 0 Å². The monoisotopic (exact) mass is 663 g/mol. The van der Waals surface area contributed by atoms with Gasteiger partial charge in [0.05, 0.1) is 35.7 Å². The third-order valence-electron chi connectivity index (χ3n) is 5.31. The summed E-state index contributed by atoms with van der Waals surface area (Å²) in [5.41, 5.74) is 0.282. The fourth-order valence-electron chi connectivity index (χ4n) is 3.50. The van der Waals surface area contributed by atoms with Crippen molar-refractivity contribution in [3.05, 3.63) is 65.7 Å². The van der Waals surface area contributed by atoms with Crippen LogP contribution in [0.25, 0.3) is 0 Å². The topological polar surface area (TPSA) is 221 Å². The fraction of sp³-hybridized carbons (Fsp3) is 0.261. The number of hydrogen-bond acceptors (Lipinski definition) is 13. The summed E-state index contributed by atoms with van der Waals surface area (Å²) in [4.78, 5) is 17.1. The molecule has 0 aliphatic rings.